The van der Waals surface area contributed by atoms with Crippen LogP contribution >= 0.6 is 0 Å². The lowest BCUT2D eigenvalue weighted by molar-refractivity contribution is 0.334. The monoisotopic (exact) mass is 140 g/mol. The van der Waals surface area contributed by atoms with Crippen LogP contribution in [0.4, 0.5) is 0 Å². The molecule has 2 rings (SSSR count). The van der Waals surface area contributed by atoms with Crippen LogP contribution in [0.25, 0.3) is 0 Å². The van der Waals surface area contributed by atoms with Gasteiger partial charge in [0.05, 0.1) is 0 Å². The van der Waals surface area contributed by atoms with Gasteiger partial charge in [0.15, 0.2) is 0 Å². The molecule has 0 aliphatic carbocycles. The molecule has 0 aromatic carbocycles. The normalized spacial score (nSPS) is 47.1. The Morgan fingerprint density at radius 1 is 1.20 bits per heavy atom. The molecular weight excluding hydrogens is 124 g/mol. The van der Waals surface area contributed by atoms with E-state index in [4.69, 9.17) is 5.73 Å². The second-order valence-corrected chi connectivity index (χ2v) is 3.74. The summed E-state index contributed by atoms with van der Waals surface area (Å²) in [5.74, 6) is 0.928. The van der Waals surface area contributed by atoms with Crippen LogP contribution < -0.4 is 5.73 Å². The first-order chi connectivity index (χ1) is 4.84. The van der Waals surface area contributed by atoms with Gasteiger partial charge in [0.2, 0.25) is 0 Å². The van der Waals surface area contributed by atoms with Gasteiger partial charge in [-0.1, -0.05) is 0 Å². The molecule has 2 heterocycles. The maximum atomic E-state index is 5.89. The molecule has 10 heavy (non-hydrogen) atoms. The summed E-state index contributed by atoms with van der Waals surface area (Å²) in [6.07, 6.45) is 3.89. The van der Waals surface area contributed by atoms with Crippen molar-refractivity contribution in [1.82, 2.24) is 4.90 Å². The van der Waals surface area contributed by atoms with E-state index in [1.807, 2.05) is 0 Å². The highest BCUT2D eigenvalue weighted by Crippen LogP contribution is 2.24. The fraction of sp³-hybridized carbons (Fsp3) is 1.00. The minimum Gasteiger partial charge on any atom is -0.328 e. The molecule has 0 aromatic heterocycles. The third-order valence-electron chi connectivity index (χ3n) is 2.82. The maximum absolute atomic E-state index is 5.89. The van der Waals surface area contributed by atoms with Crippen molar-refractivity contribution in [2.75, 3.05) is 19.6 Å². The zero-order valence-electron chi connectivity index (χ0n) is 6.42. The third-order valence-corrected chi connectivity index (χ3v) is 2.82. The lowest BCUT2D eigenvalue weighted by atomic mass is 9.99. The van der Waals surface area contributed by atoms with Gasteiger partial charge in [-0.05, 0) is 38.3 Å². The second-order valence-electron chi connectivity index (χ2n) is 3.74. The Morgan fingerprint density at radius 2 is 2.00 bits per heavy atom. The van der Waals surface area contributed by atoms with Gasteiger partial charge < -0.3 is 10.6 Å². The molecule has 2 nitrogen and oxygen atoms in total. The van der Waals surface area contributed by atoms with Gasteiger partial charge in [0, 0.05) is 12.6 Å². The van der Waals surface area contributed by atoms with Crippen molar-refractivity contribution in [3.8, 4) is 0 Å². The molecule has 0 aromatic rings. The van der Waals surface area contributed by atoms with Crippen LogP contribution in [0.3, 0.4) is 0 Å². The van der Waals surface area contributed by atoms with E-state index >= 15 is 0 Å². The van der Waals surface area contributed by atoms with Crippen molar-refractivity contribution in [2.45, 2.75) is 25.3 Å². The number of fused-ring (bicyclic) bond motifs is 2. The largest absolute Gasteiger partial charge is 0.328 e. The molecule has 58 valence electrons. The molecule has 2 N–H and O–H groups in total. The van der Waals surface area contributed by atoms with Crippen molar-refractivity contribution < 1.29 is 0 Å². The van der Waals surface area contributed by atoms with E-state index in [0.717, 1.165) is 5.92 Å². The van der Waals surface area contributed by atoms with Crippen LogP contribution in [-0.4, -0.2) is 30.6 Å². The van der Waals surface area contributed by atoms with E-state index in [0.29, 0.717) is 6.04 Å². The van der Waals surface area contributed by atoms with Gasteiger partial charge >= 0.3 is 0 Å². The van der Waals surface area contributed by atoms with Gasteiger partial charge in [-0.25, -0.2) is 0 Å². The minimum atomic E-state index is 0.496. The van der Waals surface area contributed by atoms with Crippen molar-refractivity contribution in [3.63, 3.8) is 0 Å². The second kappa shape index (κ2) is 2.51. The summed E-state index contributed by atoms with van der Waals surface area (Å²) >= 11 is 0. The van der Waals surface area contributed by atoms with Gasteiger partial charge in [0.1, 0.15) is 0 Å². The Morgan fingerprint density at radius 3 is 2.90 bits per heavy atom. The minimum absolute atomic E-state index is 0.496. The van der Waals surface area contributed by atoms with E-state index in [9.17, 15) is 0 Å². The molecule has 2 heteroatoms. The number of hydrogen-bond acceptors (Lipinski definition) is 2. The third kappa shape index (κ3) is 1.18. The maximum Gasteiger partial charge on any atom is 0.00541 e. The quantitative estimate of drug-likeness (QED) is 0.528. The summed E-state index contributed by atoms with van der Waals surface area (Å²) in [7, 11) is 0. The van der Waals surface area contributed by atoms with Crippen LogP contribution in [0.1, 0.15) is 19.3 Å². The summed E-state index contributed by atoms with van der Waals surface area (Å²) in [6.45, 7) is 3.91. The van der Waals surface area contributed by atoms with Crippen molar-refractivity contribution in [3.05, 3.63) is 0 Å². The van der Waals surface area contributed by atoms with Crippen molar-refractivity contribution in [2.24, 2.45) is 11.7 Å². The summed E-state index contributed by atoms with van der Waals surface area (Å²) in [6, 6.07) is 0.496. The molecule has 2 saturated heterocycles. The Labute approximate surface area is 62.4 Å². The molecule has 3 unspecified atom stereocenters. The van der Waals surface area contributed by atoms with E-state index in [1.54, 1.807) is 0 Å². The summed E-state index contributed by atoms with van der Waals surface area (Å²) in [4.78, 5) is 2.55. The molecule has 2 fully saturated rings. The van der Waals surface area contributed by atoms with Gasteiger partial charge in [-0.15, -0.1) is 0 Å². The number of nitrogens with two attached hydrogens (primary N) is 1. The summed E-state index contributed by atoms with van der Waals surface area (Å²) in [5.41, 5.74) is 5.89. The standard InChI is InChI=1S/C8H16N2/c9-8-2-4-10-3-1-7(5-8)6-10/h7-8H,1-6,9H2. The molecule has 2 aliphatic rings. The van der Waals surface area contributed by atoms with Crippen molar-refractivity contribution in [1.29, 1.82) is 0 Å². The van der Waals surface area contributed by atoms with Crippen molar-refractivity contribution >= 4 is 0 Å². The Kier molecular flexibility index (Phi) is 1.66. The number of rotatable bonds is 0. The highest BCUT2D eigenvalue weighted by atomic mass is 15.1. The van der Waals surface area contributed by atoms with Crippen LogP contribution in [0.2, 0.25) is 0 Å². The molecule has 0 radical (unpaired) electrons. The molecule has 0 spiro atoms. The molecule has 0 saturated carbocycles. The van der Waals surface area contributed by atoms with Gasteiger partial charge in [0.25, 0.3) is 0 Å². The first kappa shape index (κ1) is 6.62. The van der Waals surface area contributed by atoms with E-state index < -0.39 is 0 Å². The average molecular weight is 140 g/mol. The molecule has 2 bridgehead atoms. The number of hydrogen-bond donors (Lipinski definition) is 1. The molecule has 0 amide bonds. The zero-order chi connectivity index (χ0) is 6.97. The lowest BCUT2D eigenvalue weighted by Crippen LogP contribution is -2.26. The lowest BCUT2D eigenvalue weighted by Gasteiger charge is -2.15. The first-order valence-corrected chi connectivity index (χ1v) is 4.32. The Hall–Kier alpha value is -0.0800. The summed E-state index contributed by atoms with van der Waals surface area (Å²) < 4.78 is 0. The fourth-order valence-electron chi connectivity index (χ4n) is 2.20. The molecule has 3 atom stereocenters. The smallest absolute Gasteiger partial charge is 0.00541 e. The SMILES string of the molecule is NC1CCN2CCC(C1)C2. The van der Waals surface area contributed by atoms with E-state index in [2.05, 4.69) is 4.90 Å². The first-order valence-electron chi connectivity index (χ1n) is 4.32. The van der Waals surface area contributed by atoms with Crippen LogP contribution in [0, 0.1) is 5.92 Å². The molecular formula is C8H16N2. The average Bonchev–Trinajstić information content (AvgIpc) is 2.22. The number of nitrogens with zero attached hydrogens (tertiary/aromatic N) is 1. The summed E-state index contributed by atoms with van der Waals surface area (Å²) in [5, 5.41) is 0. The fourth-order valence-corrected chi connectivity index (χ4v) is 2.20. The van der Waals surface area contributed by atoms with Crippen LogP contribution in [0.5, 0.6) is 0 Å². The zero-order valence-corrected chi connectivity index (χ0v) is 6.42. The van der Waals surface area contributed by atoms with Crippen LogP contribution in [-0.2, 0) is 0 Å². The van der Waals surface area contributed by atoms with Gasteiger partial charge in [-0.3, -0.25) is 0 Å². The highest BCUT2D eigenvalue weighted by Gasteiger charge is 2.27. The van der Waals surface area contributed by atoms with Crippen LogP contribution in [0.15, 0.2) is 0 Å². The van der Waals surface area contributed by atoms with E-state index in [1.165, 1.54) is 38.9 Å². The predicted molar refractivity (Wildman–Crippen MR) is 41.8 cm³/mol. The molecule has 2 aliphatic heterocycles. The van der Waals surface area contributed by atoms with E-state index in [-0.39, 0.29) is 0 Å². The van der Waals surface area contributed by atoms with Gasteiger partial charge in [-0.2, -0.15) is 0 Å². The topological polar surface area (TPSA) is 29.3 Å². The Bertz CT molecular complexity index is 124. The highest BCUT2D eigenvalue weighted by molar-refractivity contribution is 4.83. The Balaban J connectivity index is 1.99. The predicted octanol–water partition coefficient (Wildman–Crippen LogP) is 0.429.